The Labute approximate surface area is 144 Å². The normalized spacial score (nSPS) is 11.4. The summed E-state index contributed by atoms with van der Waals surface area (Å²) in [6.45, 7) is -2.16. The molecule has 1 aromatic carbocycles. The van der Waals surface area contributed by atoms with Gasteiger partial charge in [0.25, 0.3) is 11.8 Å². The number of halogens is 5. The number of benzene rings is 1. The van der Waals surface area contributed by atoms with Crippen molar-refractivity contribution in [3.63, 3.8) is 0 Å². The molecule has 0 unspecified atom stereocenters. The Morgan fingerprint density at radius 3 is 2.50 bits per heavy atom. The van der Waals surface area contributed by atoms with Gasteiger partial charge in [-0.3, -0.25) is 4.79 Å². The zero-order valence-electron chi connectivity index (χ0n) is 8.81. The SMILES string of the molecule is O=C(NCC(F)(F)CO)c1cc(I)cc(I)c1I. The highest BCUT2D eigenvalue weighted by Crippen LogP contribution is 2.23. The lowest BCUT2D eigenvalue weighted by atomic mass is 10.2. The number of carbonyl (C=O) groups excluding carboxylic acids is 1. The van der Waals surface area contributed by atoms with E-state index in [9.17, 15) is 13.6 Å². The number of hydrogen-bond acceptors (Lipinski definition) is 2. The van der Waals surface area contributed by atoms with Crippen LogP contribution in [0.2, 0.25) is 0 Å². The number of aliphatic hydroxyl groups is 1. The smallest absolute Gasteiger partial charge is 0.287 e. The molecule has 2 N–H and O–H groups in total. The van der Waals surface area contributed by atoms with Gasteiger partial charge in [0.05, 0.1) is 12.1 Å². The Hall–Kier alpha value is 0.700. The van der Waals surface area contributed by atoms with E-state index in [0.717, 1.165) is 10.7 Å². The molecule has 0 spiro atoms. The standard InChI is InChI=1S/C10H8F2I3NO2/c11-10(12,4-17)3-16-9(18)6-1-5(13)2-7(14)8(6)15/h1-2,17H,3-4H2,(H,16,18). The van der Waals surface area contributed by atoms with Crippen LogP contribution in [0.5, 0.6) is 0 Å². The number of nitrogens with one attached hydrogen (secondary N) is 1. The number of aliphatic hydroxyl groups excluding tert-OH is 1. The molecule has 0 saturated heterocycles. The van der Waals surface area contributed by atoms with Crippen LogP contribution in [0.15, 0.2) is 12.1 Å². The fraction of sp³-hybridized carbons (Fsp3) is 0.300. The van der Waals surface area contributed by atoms with E-state index in [0.29, 0.717) is 5.56 Å². The largest absolute Gasteiger partial charge is 0.390 e. The lowest BCUT2D eigenvalue weighted by Crippen LogP contribution is -2.39. The number of rotatable bonds is 4. The van der Waals surface area contributed by atoms with Crippen LogP contribution >= 0.6 is 67.8 Å². The van der Waals surface area contributed by atoms with Gasteiger partial charge in [-0.25, -0.2) is 8.78 Å². The highest BCUT2D eigenvalue weighted by Gasteiger charge is 2.28. The van der Waals surface area contributed by atoms with Gasteiger partial charge < -0.3 is 10.4 Å². The molecule has 0 bridgehead atoms. The molecule has 0 fully saturated rings. The summed E-state index contributed by atoms with van der Waals surface area (Å²) in [6, 6.07) is 3.53. The Balaban J connectivity index is 2.85. The van der Waals surface area contributed by atoms with Gasteiger partial charge in [-0.2, -0.15) is 0 Å². The predicted octanol–water partition coefficient (Wildman–Crippen LogP) is 2.86. The fourth-order valence-corrected chi connectivity index (χ4v) is 3.48. The van der Waals surface area contributed by atoms with Gasteiger partial charge in [-0.15, -0.1) is 0 Å². The first kappa shape index (κ1) is 16.8. The lowest BCUT2D eigenvalue weighted by molar-refractivity contribution is -0.0462. The molecule has 3 nitrogen and oxygen atoms in total. The van der Waals surface area contributed by atoms with E-state index in [1.165, 1.54) is 0 Å². The van der Waals surface area contributed by atoms with E-state index in [4.69, 9.17) is 5.11 Å². The van der Waals surface area contributed by atoms with Crippen molar-refractivity contribution < 1.29 is 18.7 Å². The monoisotopic (exact) mass is 593 g/mol. The third-order valence-corrected chi connectivity index (χ3v) is 5.64. The zero-order valence-corrected chi connectivity index (χ0v) is 15.3. The van der Waals surface area contributed by atoms with E-state index >= 15 is 0 Å². The van der Waals surface area contributed by atoms with Crippen molar-refractivity contribution in [3.8, 4) is 0 Å². The third kappa shape index (κ3) is 4.67. The molecular formula is C10H8F2I3NO2. The van der Waals surface area contributed by atoms with Crippen molar-refractivity contribution in [2.75, 3.05) is 13.2 Å². The molecule has 8 heteroatoms. The molecular weight excluding hydrogens is 585 g/mol. The van der Waals surface area contributed by atoms with Crippen LogP contribution in [0, 0.1) is 10.7 Å². The molecule has 0 radical (unpaired) electrons. The van der Waals surface area contributed by atoms with E-state index in [1.807, 2.05) is 28.7 Å². The summed E-state index contributed by atoms with van der Waals surface area (Å²) in [7, 11) is 0. The minimum atomic E-state index is -3.30. The van der Waals surface area contributed by atoms with Crippen molar-refractivity contribution in [1.82, 2.24) is 5.32 Å². The minimum Gasteiger partial charge on any atom is -0.390 e. The Morgan fingerprint density at radius 1 is 1.33 bits per heavy atom. The molecule has 0 aliphatic rings. The maximum Gasteiger partial charge on any atom is 0.287 e. The van der Waals surface area contributed by atoms with Crippen LogP contribution < -0.4 is 5.32 Å². The topological polar surface area (TPSA) is 49.3 Å². The first-order valence-corrected chi connectivity index (χ1v) is 7.92. The fourth-order valence-electron chi connectivity index (χ4n) is 1.08. The zero-order chi connectivity index (χ0) is 13.9. The van der Waals surface area contributed by atoms with E-state index in [-0.39, 0.29) is 0 Å². The maximum atomic E-state index is 12.8. The van der Waals surface area contributed by atoms with Crippen LogP contribution in [0.4, 0.5) is 8.78 Å². The van der Waals surface area contributed by atoms with Crippen molar-refractivity contribution in [1.29, 1.82) is 0 Å². The van der Waals surface area contributed by atoms with Crippen LogP contribution in [0.1, 0.15) is 10.4 Å². The van der Waals surface area contributed by atoms with Gasteiger partial charge in [0.15, 0.2) is 0 Å². The van der Waals surface area contributed by atoms with Gasteiger partial charge in [0, 0.05) is 10.7 Å². The van der Waals surface area contributed by atoms with Crippen LogP contribution in [-0.4, -0.2) is 30.1 Å². The molecule has 100 valence electrons. The van der Waals surface area contributed by atoms with Crippen LogP contribution in [0.3, 0.4) is 0 Å². The Bertz CT molecular complexity index is 469. The molecule has 0 heterocycles. The highest BCUT2D eigenvalue weighted by atomic mass is 127. The Morgan fingerprint density at radius 2 is 1.94 bits per heavy atom. The van der Waals surface area contributed by atoms with Gasteiger partial charge in [0.1, 0.15) is 6.61 Å². The summed E-state index contributed by atoms with van der Waals surface area (Å²) in [5.41, 5.74) is 0.362. The molecule has 1 aromatic rings. The summed E-state index contributed by atoms with van der Waals surface area (Å²) in [5.74, 6) is -3.86. The first-order valence-electron chi connectivity index (χ1n) is 4.68. The third-order valence-electron chi connectivity index (χ3n) is 1.98. The Kier molecular flexibility index (Phi) is 6.44. The summed E-state index contributed by atoms with van der Waals surface area (Å²) < 4.78 is 28.1. The maximum absolute atomic E-state index is 12.8. The van der Waals surface area contributed by atoms with Crippen molar-refractivity contribution in [3.05, 3.63) is 28.4 Å². The molecule has 18 heavy (non-hydrogen) atoms. The van der Waals surface area contributed by atoms with E-state index < -0.39 is 25.0 Å². The second-order valence-corrected chi connectivity index (χ2v) is 6.93. The summed E-state index contributed by atoms with van der Waals surface area (Å²) in [5, 5.41) is 10.5. The second kappa shape index (κ2) is 6.92. The average molecular weight is 593 g/mol. The number of amides is 1. The molecule has 0 saturated carbocycles. The number of alkyl halides is 2. The molecule has 1 amide bonds. The summed E-state index contributed by atoms with van der Waals surface area (Å²) in [4.78, 5) is 11.8. The van der Waals surface area contributed by atoms with Crippen molar-refractivity contribution in [2.45, 2.75) is 5.92 Å². The number of hydrogen-bond donors (Lipinski definition) is 2. The van der Waals surface area contributed by atoms with Gasteiger partial charge in [-0.05, 0) is 79.9 Å². The second-order valence-electron chi connectivity index (χ2n) is 3.45. The van der Waals surface area contributed by atoms with E-state index in [1.54, 1.807) is 6.07 Å². The molecule has 0 aliphatic carbocycles. The van der Waals surface area contributed by atoms with Gasteiger partial charge in [-0.1, -0.05) is 0 Å². The van der Waals surface area contributed by atoms with Crippen LogP contribution in [-0.2, 0) is 0 Å². The van der Waals surface area contributed by atoms with Gasteiger partial charge in [0.2, 0.25) is 0 Å². The van der Waals surface area contributed by atoms with Crippen LogP contribution in [0.25, 0.3) is 0 Å². The molecule has 0 atom stereocenters. The van der Waals surface area contributed by atoms with Gasteiger partial charge >= 0.3 is 0 Å². The molecule has 1 rings (SSSR count). The first-order chi connectivity index (χ1) is 8.26. The quantitative estimate of drug-likeness (QED) is 0.418. The summed E-state index contributed by atoms with van der Waals surface area (Å²) >= 11 is 6.14. The minimum absolute atomic E-state index is 0.362. The van der Waals surface area contributed by atoms with Crippen molar-refractivity contribution in [2.24, 2.45) is 0 Å². The molecule has 0 aromatic heterocycles. The lowest BCUT2D eigenvalue weighted by Gasteiger charge is -2.14. The van der Waals surface area contributed by atoms with E-state index in [2.05, 4.69) is 50.5 Å². The average Bonchev–Trinajstić information content (AvgIpc) is 2.31. The van der Waals surface area contributed by atoms with Crippen molar-refractivity contribution >= 4 is 73.7 Å². The summed E-state index contributed by atoms with van der Waals surface area (Å²) in [6.07, 6.45) is 0. The molecule has 0 aliphatic heterocycles. The predicted molar refractivity (Wildman–Crippen MR) is 89.0 cm³/mol. The highest BCUT2D eigenvalue weighted by molar-refractivity contribution is 14.1. The number of carbonyl (C=O) groups is 1.